The molecule has 0 saturated carbocycles. The number of hydrogen-bond acceptors (Lipinski definition) is 1. The Bertz CT molecular complexity index is 293. The molecule has 10 heavy (non-hydrogen) atoms. The van der Waals surface area contributed by atoms with Crippen LogP contribution in [-0.2, 0) is 7.05 Å². The largest absolute Gasteiger partial charge is 0.339 e. The van der Waals surface area contributed by atoms with Crippen LogP contribution in [0.25, 0.3) is 0 Å². The van der Waals surface area contributed by atoms with E-state index in [0.29, 0.717) is 5.69 Å². The van der Waals surface area contributed by atoms with Crippen LogP contribution in [-0.4, -0.2) is 4.57 Å². The summed E-state index contributed by atoms with van der Waals surface area (Å²) in [6, 6.07) is 4.03. The van der Waals surface area contributed by atoms with Crippen molar-refractivity contribution in [3.8, 4) is 6.07 Å². The standard InChI is InChI=1S/C7H7BrN2/c1-5-3-6(8)7(4-9)10(5)2/h3H,1-2H3. The fourth-order valence-corrected chi connectivity index (χ4v) is 1.50. The van der Waals surface area contributed by atoms with Crippen molar-refractivity contribution >= 4 is 15.9 Å². The van der Waals surface area contributed by atoms with E-state index in [1.54, 1.807) is 0 Å². The van der Waals surface area contributed by atoms with Gasteiger partial charge in [0.05, 0.1) is 4.47 Å². The van der Waals surface area contributed by atoms with Crippen LogP contribution >= 0.6 is 15.9 Å². The van der Waals surface area contributed by atoms with Crippen LogP contribution in [0.15, 0.2) is 10.5 Å². The number of hydrogen-bond donors (Lipinski definition) is 0. The maximum Gasteiger partial charge on any atom is 0.134 e. The minimum Gasteiger partial charge on any atom is -0.339 e. The molecule has 0 atom stereocenters. The average Bonchev–Trinajstić information content (AvgIpc) is 2.09. The van der Waals surface area contributed by atoms with E-state index < -0.39 is 0 Å². The molecule has 1 aromatic rings. The van der Waals surface area contributed by atoms with Crippen molar-refractivity contribution in [1.29, 1.82) is 5.26 Å². The smallest absolute Gasteiger partial charge is 0.134 e. The van der Waals surface area contributed by atoms with Crippen LogP contribution in [0.2, 0.25) is 0 Å². The molecule has 0 aromatic carbocycles. The van der Waals surface area contributed by atoms with E-state index in [1.807, 2.05) is 24.6 Å². The Morgan fingerprint density at radius 3 is 2.50 bits per heavy atom. The number of aromatic nitrogens is 1. The van der Waals surface area contributed by atoms with Gasteiger partial charge in [0.1, 0.15) is 11.8 Å². The normalized spacial score (nSPS) is 9.40. The number of aryl methyl sites for hydroxylation is 1. The fourth-order valence-electron chi connectivity index (χ4n) is 0.814. The Kier molecular flexibility index (Phi) is 1.82. The van der Waals surface area contributed by atoms with Gasteiger partial charge in [0.15, 0.2) is 0 Å². The van der Waals surface area contributed by atoms with Crippen molar-refractivity contribution in [3.05, 3.63) is 21.9 Å². The number of nitrogens with zero attached hydrogens (tertiary/aromatic N) is 2. The summed E-state index contributed by atoms with van der Waals surface area (Å²) in [6.45, 7) is 1.96. The molecule has 0 aliphatic rings. The minimum absolute atomic E-state index is 0.678. The summed E-state index contributed by atoms with van der Waals surface area (Å²) in [5.74, 6) is 0. The molecule has 52 valence electrons. The molecule has 0 aliphatic carbocycles. The molecular formula is C7H7BrN2. The molecule has 0 radical (unpaired) electrons. The van der Waals surface area contributed by atoms with Gasteiger partial charge in [-0.3, -0.25) is 0 Å². The van der Waals surface area contributed by atoms with Crippen molar-refractivity contribution in [2.75, 3.05) is 0 Å². The molecule has 0 amide bonds. The highest BCUT2D eigenvalue weighted by Crippen LogP contribution is 2.18. The first-order valence-electron chi connectivity index (χ1n) is 2.88. The topological polar surface area (TPSA) is 28.7 Å². The van der Waals surface area contributed by atoms with Gasteiger partial charge in [-0.1, -0.05) is 0 Å². The lowest BCUT2D eigenvalue weighted by Crippen LogP contribution is -1.93. The van der Waals surface area contributed by atoms with Gasteiger partial charge in [-0.25, -0.2) is 0 Å². The molecule has 3 heteroatoms. The Balaban J connectivity index is 3.37. The minimum atomic E-state index is 0.678. The van der Waals surface area contributed by atoms with E-state index in [2.05, 4.69) is 22.0 Å². The Morgan fingerprint density at radius 2 is 2.30 bits per heavy atom. The van der Waals surface area contributed by atoms with Gasteiger partial charge in [0.2, 0.25) is 0 Å². The molecular weight excluding hydrogens is 192 g/mol. The van der Waals surface area contributed by atoms with E-state index >= 15 is 0 Å². The van der Waals surface area contributed by atoms with Gasteiger partial charge in [0.25, 0.3) is 0 Å². The third-order valence-corrected chi connectivity index (χ3v) is 2.14. The second-order valence-corrected chi connectivity index (χ2v) is 3.01. The van der Waals surface area contributed by atoms with Crippen molar-refractivity contribution in [2.45, 2.75) is 6.92 Å². The van der Waals surface area contributed by atoms with Gasteiger partial charge < -0.3 is 4.57 Å². The monoisotopic (exact) mass is 198 g/mol. The molecule has 0 saturated heterocycles. The van der Waals surface area contributed by atoms with Crippen LogP contribution in [0.5, 0.6) is 0 Å². The lowest BCUT2D eigenvalue weighted by molar-refractivity contribution is 0.864. The number of halogens is 1. The van der Waals surface area contributed by atoms with E-state index in [0.717, 1.165) is 10.2 Å². The maximum atomic E-state index is 8.61. The molecule has 1 heterocycles. The summed E-state index contributed by atoms with van der Waals surface area (Å²) in [5.41, 5.74) is 1.76. The fraction of sp³-hybridized carbons (Fsp3) is 0.286. The highest BCUT2D eigenvalue weighted by Gasteiger charge is 2.05. The highest BCUT2D eigenvalue weighted by molar-refractivity contribution is 9.10. The molecule has 0 spiro atoms. The van der Waals surface area contributed by atoms with Crippen molar-refractivity contribution < 1.29 is 0 Å². The zero-order chi connectivity index (χ0) is 7.72. The van der Waals surface area contributed by atoms with Gasteiger partial charge in [-0.2, -0.15) is 5.26 Å². The second-order valence-electron chi connectivity index (χ2n) is 2.15. The zero-order valence-electron chi connectivity index (χ0n) is 5.85. The summed E-state index contributed by atoms with van der Waals surface area (Å²) < 4.78 is 2.72. The predicted molar refractivity (Wildman–Crippen MR) is 42.6 cm³/mol. The Hall–Kier alpha value is -0.750. The quantitative estimate of drug-likeness (QED) is 0.627. The SMILES string of the molecule is Cc1cc(Br)c(C#N)n1C. The van der Waals surface area contributed by atoms with Crippen molar-refractivity contribution in [3.63, 3.8) is 0 Å². The second kappa shape index (κ2) is 2.47. The first-order chi connectivity index (χ1) is 4.66. The van der Waals surface area contributed by atoms with Crippen LogP contribution in [0.1, 0.15) is 11.4 Å². The van der Waals surface area contributed by atoms with Gasteiger partial charge in [0, 0.05) is 12.7 Å². The third kappa shape index (κ3) is 0.952. The van der Waals surface area contributed by atoms with Crippen LogP contribution in [0.4, 0.5) is 0 Å². The van der Waals surface area contributed by atoms with E-state index in [4.69, 9.17) is 5.26 Å². The summed E-state index contributed by atoms with van der Waals surface area (Å²) >= 11 is 3.28. The number of rotatable bonds is 0. The first kappa shape index (κ1) is 7.36. The van der Waals surface area contributed by atoms with Crippen molar-refractivity contribution in [1.82, 2.24) is 4.57 Å². The Labute approximate surface area is 68.2 Å². The zero-order valence-corrected chi connectivity index (χ0v) is 7.44. The molecule has 0 aliphatic heterocycles. The van der Waals surface area contributed by atoms with Crippen LogP contribution in [0, 0.1) is 18.3 Å². The summed E-state index contributed by atoms with van der Waals surface area (Å²) in [7, 11) is 1.87. The molecule has 0 unspecified atom stereocenters. The third-order valence-electron chi connectivity index (χ3n) is 1.53. The maximum absolute atomic E-state index is 8.61. The molecule has 1 aromatic heterocycles. The summed E-state index contributed by atoms with van der Waals surface area (Å²) in [4.78, 5) is 0. The van der Waals surface area contributed by atoms with E-state index in [-0.39, 0.29) is 0 Å². The summed E-state index contributed by atoms with van der Waals surface area (Å²) in [5, 5.41) is 8.61. The molecule has 0 N–H and O–H groups in total. The first-order valence-corrected chi connectivity index (χ1v) is 3.68. The van der Waals surface area contributed by atoms with Crippen molar-refractivity contribution in [2.24, 2.45) is 7.05 Å². The van der Waals surface area contributed by atoms with E-state index in [1.165, 1.54) is 0 Å². The highest BCUT2D eigenvalue weighted by atomic mass is 79.9. The predicted octanol–water partition coefficient (Wildman–Crippen LogP) is 1.97. The molecule has 2 nitrogen and oxygen atoms in total. The molecule has 1 rings (SSSR count). The molecule has 0 bridgehead atoms. The molecule has 0 fully saturated rings. The van der Waals surface area contributed by atoms with Crippen LogP contribution in [0.3, 0.4) is 0 Å². The summed E-state index contributed by atoms with van der Waals surface area (Å²) in [6.07, 6.45) is 0. The van der Waals surface area contributed by atoms with E-state index in [9.17, 15) is 0 Å². The average molecular weight is 199 g/mol. The van der Waals surface area contributed by atoms with Gasteiger partial charge in [-0.05, 0) is 28.9 Å². The number of nitriles is 1. The van der Waals surface area contributed by atoms with Gasteiger partial charge in [-0.15, -0.1) is 0 Å². The Morgan fingerprint density at radius 1 is 1.70 bits per heavy atom. The van der Waals surface area contributed by atoms with Crippen LogP contribution < -0.4 is 0 Å². The van der Waals surface area contributed by atoms with Gasteiger partial charge >= 0.3 is 0 Å². The lowest BCUT2D eigenvalue weighted by atomic mass is 10.4. The lowest BCUT2D eigenvalue weighted by Gasteiger charge is -1.94.